The first-order chi connectivity index (χ1) is 18.5. The summed E-state index contributed by atoms with van der Waals surface area (Å²) in [6.07, 6.45) is 6.45. The van der Waals surface area contributed by atoms with Gasteiger partial charge in [-0.1, -0.05) is 0 Å². The second kappa shape index (κ2) is 10.2. The Morgan fingerprint density at radius 2 is 1.79 bits per heavy atom. The molecule has 1 N–H and O–H groups in total. The van der Waals surface area contributed by atoms with Crippen LogP contribution in [-0.4, -0.2) is 99.7 Å². The lowest BCUT2D eigenvalue weighted by molar-refractivity contribution is -0.140. The number of carbonyl (C=O) groups excluding carboxylic acids is 2. The van der Waals surface area contributed by atoms with Gasteiger partial charge in [-0.2, -0.15) is 4.39 Å². The van der Waals surface area contributed by atoms with E-state index in [9.17, 15) is 18.4 Å². The number of ether oxygens (including phenoxy) is 1. The molecule has 6 rings (SSSR count). The highest BCUT2D eigenvalue weighted by Gasteiger charge is 2.34. The Kier molecular flexibility index (Phi) is 6.62. The molecule has 3 saturated heterocycles. The van der Waals surface area contributed by atoms with Gasteiger partial charge in [0.05, 0.1) is 37.3 Å². The van der Waals surface area contributed by atoms with Gasteiger partial charge in [-0.25, -0.2) is 13.9 Å². The van der Waals surface area contributed by atoms with Gasteiger partial charge in [-0.05, 0) is 18.9 Å². The second-order valence-electron chi connectivity index (χ2n) is 9.84. The lowest BCUT2D eigenvalue weighted by Gasteiger charge is -2.43. The fourth-order valence-electron chi connectivity index (χ4n) is 5.43. The Morgan fingerprint density at radius 1 is 1.03 bits per heavy atom. The minimum atomic E-state index is -0.978. The molecule has 0 saturated carbocycles. The van der Waals surface area contributed by atoms with Crippen LogP contribution in [0.5, 0.6) is 0 Å². The number of anilines is 2. The maximum atomic E-state index is 15.0. The van der Waals surface area contributed by atoms with Crippen LogP contribution in [0.15, 0.2) is 30.9 Å². The molecular weight excluding hydrogens is 498 g/mol. The van der Waals surface area contributed by atoms with Crippen LogP contribution in [0.4, 0.5) is 20.2 Å². The van der Waals surface area contributed by atoms with Crippen LogP contribution in [0.1, 0.15) is 23.2 Å². The minimum Gasteiger partial charge on any atom is -0.378 e. The van der Waals surface area contributed by atoms with Crippen molar-refractivity contribution in [3.8, 4) is 0 Å². The van der Waals surface area contributed by atoms with Crippen LogP contribution < -0.4 is 10.2 Å². The predicted octanol–water partition coefficient (Wildman–Crippen LogP) is 1.41. The normalized spacial score (nSPS) is 19.5. The van der Waals surface area contributed by atoms with Crippen molar-refractivity contribution in [2.75, 3.05) is 62.7 Å². The van der Waals surface area contributed by atoms with Crippen molar-refractivity contribution in [3.05, 3.63) is 48.2 Å². The van der Waals surface area contributed by atoms with E-state index in [0.29, 0.717) is 45.1 Å². The first-order valence-electron chi connectivity index (χ1n) is 12.8. The topological polar surface area (TPSA) is 108 Å². The fraction of sp³-hybridized carbons (Fsp3) is 0.480. The van der Waals surface area contributed by atoms with Gasteiger partial charge in [0.1, 0.15) is 11.3 Å². The number of amides is 2. The molecule has 6 heterocycles. The summed E-state index contributed by atoms with van der Waals surface area (Å²) in [6.45, 7) is 5.54. The summed E-state index contributed by atoms with van der Waals surface area (Å²) >= 11 is 0. The zero-order valence-electron chi connectivity index (χ0n) is 20.7. The van der Waals surface area contributed by atoms with Gasteiger partial charge in [-0.15, -0.1) is 5.10 Å². The van der Waals surface area contributed by atoms with E-state index in [1.54, 1.807) is 11.0 Å². The molecular formula is C25H28F2N8O3. The molecule has 0 spiro atoms. The van der Waals surface area contributed by atoms with Crippen LogP contribution in [0.3, 0.4) is 0 Å². The molecule has 0 aliphatic carbocycles. The lowest BCUT2D eigenvalue weighted by atomic mass is 9.94. The summed E-state index contributed by atoms with van der Waals surface area (Å²) in [5.41, 5.74) is -0.00406. The van der Waals surface area contributed by atoms with Crippen molar-refractivity contribution in [2.24, 2.45) is 5.92 Å². The maximum absolute atomic E-state index is 15.0. The van der Waals surface area contributed by atoms with Crippen molar-refractivity contribution >= 4 is 28.8 Å². The molecule has 0 radical (unpaired) electrons. The van der Waals surface area contributed by atoms with Crippen molar-refractivity contribution < 1.29 is 23.1 Å². The third kappa shape index (κ3) is 4.56. The van der Waals surface area contributed by atoms with E-state index in [1.165, 1.54) is 23.1 Å². The molecule has 3 aromatic rings. The quantitative estimate of drug-likeness (QED) is 0.532. The van der Waals surface area contributed by atoms with E-state index in [0.717, 1.165) is 32.5 Å². The number of piperidine rings is 1. The van der Waals surface area contributed by atoms with E-state index in [2.05, 4.69) is 25.3 Å². The van der Waals surface area contributed by atoms with E-state index >= 15 is 0 Å². The standard InChI is InChI=1S/C25H28F2N8O3/c26-18-12-28-13-19(30-24(36)20-22(27)31-35-5-1-4-29-23(20)35)21(18)33-6-2-16(3-7-33)25(37)34-10-8-32(9-11-34)17-14-38-15-17/h1,4-5,12-13,16-17H,2-3,6-11,14-15H2,(H,30,36). The first-order valence-corrected chi connectivity index (χ1v) is 12.8. The van der Waals surface area contributed by atoms with Gasteiger partial charge >= 0.3 is 0 Å². The molecule has 13 heteroatoms. The first kappa shape index (κ1) is 24.6. The van der Waals surface area contributed by atoms with Crippen molar-refractivity contribution in [1.82, 2.24) is 29.4 Å². The monoisotopic (exact) mass is 526 g/mol. The van der Waals surface area contributed by atoms with Crippen molar-refractivity contribution in [3.63, 3.8) is 0 Å². The van der Waals surface area contributed by atoms with E-state index in [4.69, 9.17) is 4.74 Å². The molecule has 3 aliphatic rings. The third-order valence-electron chi connectivity index (χ3n) is 7.62. The van der Waals surface area contributed by atoms with E-state index in [-0.39, 0.29) is 34.4 Å². The van der Waals surface area contributed by atoms with E-state index < -0.39 is 17.7 Å². The SMILES string of the molecule is O=C(Nc1cncc(F)c1N1CCC(C(=O)N2CCN(C3COC3)CC2)CC1)c1c(F)nn2cccnc12. The number of nitrogens with zero attached hydrogens (tertiary/aromatic N) is 7. The molecule has 2 amide bonds. The average molecular weight is 527 g/mol. The predicted molar refractivity (Wildman–Crippen MR) is 133 cm³/mol. The Balaban J connectivity index is 1.11. The highest BCUT2D eigenvalue weighted by molar-refractivity contribution is 6.09. The largest absolute Gasteiger partial charge is 0.378 e. The number of fused-ring (bicyclic) bond motifs is 1. The molecule has 3 aliphatic heterocycles. The summed E-state index contributed by atoms with van der Waals surface area (Å²) in [6, 6.07) is 2.04. The van der Waals surface area contributed by atoms with Crippen LogP contribution >= 0.6 is 0 Å². The zero-order valence-corrected chi connectivity index (χ0v) is 20.7. The molecule has 0 bridgehead atoms. The van der Waals surface area contributed by atoms with E-state index in [1.807, 2.05) is 4.90 Å². The van der Waals surface area contributed by atoms with Gasteiger partial charge in [0.25, 0.3) is 5.91 Å². The van der Waals surface area contributed by atoms with Crippen LogP contribution in [0.25, 0.3) is 5.65 Å². The Morgan fingerprint density at radius 3 is 2.50 bits per heavy atom. The van der Waals surface area contributed by atoms with Gasteiger partial charge in [0.2, 0.25) is 11.9 Å². The second-order valence-corrected chi connectivity index (χ2v) is 9.84. The molecule has 38 heavy (non-hydrogen) atoms. The number of hydrogen-bond acceptors (Lipinski definition) is 8. The number of piperazine rings is 1. The fourth-order valence-corrected chi connectivity index (χ4v) is 5.43. The Bertz CT molecular complexity index is 1350. The van der Waals surface area contributed by atoms with Crippen molar-refractivity contribution in [1.29, 1.82) is 0 Å². The smallest absolute Gasteiger partial charge is 0.264 e. The molecule has 0 aromatic carbocycles. The highest BCUT2D eigenvalue weighted by atomic mass is 19.1. The van der Waals surface area contributed by atoms with Crippen LogP contribution in [0.2, 0.25) is 0 Å². The third-order valence-corrected chi connectivity index (χ3v) is 7.62. The average Bonchev–Trinajstić information content (AvgIpc) is 3.24. The Labute approximate surface area is 217 Å². The Hall–Kier alpha value is -3.71. The summed E-state index contributed by atoms with van der Waals surface area (Å²) in [5.74, 6) is -2.38. The molecule has 0 atom stereocenters. The summed E-state index contributed by atoms with van der Waals surface area (Å²) < 4.78 is 35.9. The summed E-state index contributed by atoms with van der Waals surface area (Å²) in [4.78, 5) is 40.2. The number of hydrogen-bond donors (Lipinski definition) is 1. The van der Waals surface area contributed by atoms with Gasteiger partial charge in [-0.3, -0.25) is 19.5 Å². The minimum absolute atomic E-state index is 0.0505. The van der Waals surface area contributed by atoms with Crippen LogP contribution in [-0.2, 0) is 9.53 Å². The lowest BCUT2D eigenvalue weighted by Crippen LogP contribution is -2.58. The molecule has 3 aromatic heterocycles. The summed E-state index contributed by atoms with van der Waals surface area (Å²) in [5, 5.41) is 6.26. The number of rotatable bonds is 5. The van der Waals surface area contributed by atoms with Crippen LogP contribution in [0, 0.1) is 17.7 Å². The molecule has 3 fully saturated rings. The highest BCUT2D eigenvalue weighted by Crippen LogP contribution is 2.33. The molecule has 200 valence electrons. The number of halogens is 2. The summed E-state index contributed by atoms with van der Waals surface area (Å²) in [7, 11) is 0. The number of aromatic nitrogens is 4. The van der Waals surface area contributed by atoms with Gasteiger partial charge in [0, 0.05) is 57.6 Å². The number of pyridine rings is 1. The molecule has 0 unspecified atom stereocenters. The maximum Gasteiger partial charge on any atom is 0.264 e. The molecule has 11 nitrogen and oxygen atoms in total. The van der Waals surface area contributed by atoms with Crippen molar-refractivity contribution in [2.45, 2.75) is 18.9 Å². The number of nitrogens with one attached hydrogen (secondary N) is 1. The van der Waals surface area contributed by atoms with Gasteiger partial charge < -0.3 is 19.9 Å². The number of carbonyl (C=O) groups is 2. The van der Waals surface area contributed by atoms with Gasteiger partial charge in [0.15, 0.2) is 11.5 Å². The zero-order chi connectivity index (χ0) is 26.2.